The molecule has 2 aliphatic rings. The topological polar surface area (TPSA) is 154 Å². The third kappa shape index (κ3) is 7.17. The van der Waals surface area contributed by atoms with Crippen LogP contribution in [0.25, 0.3) is 0 Å². The second-order valence-electron chi connectivity index (χ2n) is 9.81. The summed E-state index contributed by atoms with van der Waals surface area (Å²) >= 11 is 0. The second-order valence-corrected chi connectivity index (χ2v) is 9.81. The van der Waals surface area contributed by atoms with Gasteiger partial charge in [-0.1, -0.05) is 32.6 Å². The molecule has 4 unspecified atom stereocenters. The van der Waals surface area contributed by atoms with E-state index in [-0.39, 0.29) is 0 Å². The van der Waals surface area contributed by atoms with E-state index in [1.54, 1.807) is 13.8 Å². The minimum atomic E-state index is -1.59. The number of carboxylic acids is 2. The Morgan fingerprint density at radius 3 is 1.50 bits per heavy atom. The largest absolute Gasteiger partial charge is 0.481 e. The first-order valence-corrected chi connectivity index (χ1v) is 12.0. The number of hydrogen-bond donors (Lipinski definition) is 2. The quantitative estimate of drug-likeness (QED) is 0.349. The number of carbonyl (C=O) groups excluding carboxylic acids is 3. The number of ether oxygens (including phenoxy) is 3. The second kappa shape index (κ2) is 12.2. The summed E-state index contributed by atoms with van der Waals surface area (Å²) in [5.74, 6) is -8.08. The first-order chi connectivity index (χ1) is 16.0. The molecule has 2 saturated carbocycles. The molecule has 0 aromatic rings. The van der Waals surface area contributed by atoms with Crippen LogP contribution in [0.15, 0.2) is 0 Å². The Bertz CT molecular complexity index is 726. The summed E-state index contributed by atoms with van der Waals surface area (Å²) < 4.78 is 16.0. The molecule has 0 heterocycles. The molecular formula is C24H36O10. The number of carbonyl (C=O) groups is 5. The molecule has 2 rings (SSSR count). The van der Waals surface area contributed by atoms with Gasteiger partial charge in [-0.2, -0.15) is 0 Å². The molecule has 2 aliphatic carbocycles. The van der Waals surface area contributed by atoms with E-state index in [1.807, 2.05) is 6.92 Å². The highest BCUT2D eigenvalue weighted by molar-refractivity contribution is 5.83. The lowest BCUT2D eigenvalue weighted by atomic mass is 9.79. The van der Waals surface area contributed by atoms with Crippen molar-refractivity contribution in [3.8, 4) is 0 Å². The van der Waals surface area contributed by atoms with Gasteiger partial charge in [0.25, 0.3) is 6.29 Å². The zero-order valence-electron chi connectivity index (χ0n) is 20.1. The minimum absolute atomic E-state index is 0.322. The summed E-state index contributed by atoms with van der Waals surface area (Å²) in [5, 5.41) is 18.9. The lowest BCUT2D eigenvalue weighted by Gasteiger charge is -2.31. The zero-order valence-corrected chi connectivity index (χ0v) is 20.1. The predicted octanol–water partition coefficient (Wildman–Crippen LogP) is 3.16. The van der Waals surface area contributed by atoms with Gasteiger partial charge >= 0.3 is 29.8 Å². The van der Waals surface area contributed by atoms with Crippen molar-refractivity contribution in [2.45, 2.75) is 84.8 Å². The van der Waals surface area contributed by atoms with Crippen molar-refractivity contribution in [2.24, 2.45) is 29.1 Å². The van der Waals surface area contributed by atoms with Gasteiger partial charge < -0.3 is 24.4 Å². The molecule has 0 saturated heterocycles. The normalized spacial score (nSPS) is 26.1. The molecule has 0 amide bonds. The Kier molecular flexibility index (Phi) is 9.88. The molecule has 10 nitrogen and oxygen atoms in total. The van der Waals surface area contributed by atoms with E-state index in [9.17, 15) is 34.2 Å². The van der Waals surface area contributed by atoms with Crippen molar-refractivity contribution < 1.29 is 48.4 Å². The standard InChI is InChI=1S/C24H36O10/c1-4-24(2,3)23(31)32-13-18(33-21(29)16-11-7-5-9-14(16)19(25)26)34-22(30)17-12-8-6-10-15(17)20(27)28/h14-18H,4-13H2,1-3H3,(H,25,26)(H,27,28). The van der Waals surface area contributed by atoms with Crippen LogP contribution in [-0.2, 0) is 38.2 Å². The summed E-state index contributed by atoms with van der Waals surface area (Å²) in [7, 11) is 0. The molecule has 0 spiro atoms. The molecule has 0 aliphatic heterocycles. The van der Waals surface area contributed by atoms with Gasteiger partial charge in [-0.25, -0.2) is 0 Å². The van der Waals surface area contributed by atoms with Crippen molar-refractivity contribution in [3.63, 3.8) is 0 Å². The highest BCUT2D eigenvalue weighted by atomic mass is 16.7. The lowest BCUT2D eigenvalue weighted by Crippen LogP contribution is -2.41. The number of hydrogen-bond acceptors (Lipinski definition) is 8. The Hall–Kier alpha value is -2.65. The fourth-order valence-corrected chi connectivity index (χ4v) is 4.43. The molecule has 4 atom stereocenters. The molecule has 10 heteroatoms. The van der Waals surface area contributed by atoms with Gasteiger partial charge in [0.15, 0.2) is 6.61 Å². The Morgan fingerprint density at radius 1 is 0.765 bits per heavy atom. The third-order valence-corrected chi connectivity index (χ3v) is 7.05. The average molecular weight is 485 g/mol. The van der Waals surface area contributed by atoms with Crippen LogP contribution >= 0.6 is 0 Å². The highest BCUT2D eigenvalue weighted by Gasteiger charge is 2.41. The first kappa shape index (κ1) is 27.6. The van der Waals surface area contributed by atoms with Crippen LogP contribution < -0.4 is 0 Å². The molecule has 192 valence electrons. The van der Waals surface area contributed by atoms with Gasteiger partial charge in [-0.3, -0.25) is 24.0 Å². The van der Waals surface area contributed by atoms with Crippen molar-refractivity contribution in [1.29, 1.82) is 0 Å². The zero-order chi connectivity index (χ0) is 25.5. The molecule has 0 aromatic carbocycles. The SMILES string of the molecule is CCC(C)(C)C(=O)OCC(OC(=O)C1CCCCC1C(=O)O)OC(=O)C1CCCCC1C(=O)O. The van der Waals surface area contributed by atoms with Crippen molar-refractivity contribution in [1.82, 2.24) is 0 Å². The fraction of sp³-hybridized carbons (Fsp3) is 0.792. The fourth-order valence-electron chi connectivity index (χ4n) is 4.43. The minimum Gasteiger partial charge on any atom is -0.481 e. The highest BCUT2D eigenvalue weighted by Crippen LogP contribution is 2.33. The van der Waals surface area contributed by atoms with Crippen LogP contribution in [0.5, 0.6) is 0 Å². The Labute approximate surface area is 199 Å². The average Bonchev–Trinajstić information content (AvgIpc) is 2.81. The predicted molar refractivity (Wildman–Crippen MR) is 117 cm³/mol. The van der Waals surface area contributed by atoms with E-state index >= 15 is 0 Å². The Balaban J connectivity index is 2.15. The smallest absolute Gasteiger partial charge is 0.313 e. The maximum Gasteiger partial charge on any atom is 0.313 e. The summed E-state index contributed by atoms with van der Waals surface area (Å²) in [4.78, 5) is 61.2. The van der Waals surface area contributed by atoms with Crippen LogP contribution in [0.3, 0.4) is 0 Å². The van der Waals surface area contributed by atoms with E-state index in [0.29, 0.717) is 57.8 Å². The molecule has 34 heavy (non-hydrogen) atoms. The Morgan fingerprint density at radius 2 is 1.15 bits per heavy atom. The molecular weight excluding hydrogens is 448 g/mol. The summed E-state index contributed by atoms with van der Waals surface area (Å²) in [6.45, 7) is 4.61. The summed E-state index contributed by atoms with van der Waals surface area (Å²) in [5.41, 5.74) is -0.811. The van der Waals surface area contributed by atoms with Gasteiger partial charge in [0, 0.05) is 0 Å². The van der Waals surface area contributed by atoms with Crippen molar-refractivity contribution in [2.75, 3.05) is 6.61 Å². The molecule has 0 radical (unpaired) electrons. The van der Waals surface area contributed by atoms with Gasteiger partial charge in [0.1, 0.15) is 0 Å². The molecule has 0 bridgehead atoms. The van der Waals surface area contributed by atoms with Crippen molar-refractivity contribution in [3.05, 3.63) is 0 Å². The van der Waals surface area contributed by atoms with Crippen LogP contribution in [0.2, 0.25) is 0 Å². The molecule has 2 fully saturated rings. The number of rotatable bonds is 10. The van der Waals surface area contributed by atoms with E-state index in [2.05, 4.69) is 0 Å². The van der Waals surface area contributed by atoms with Gasteiger partial charge in [-0.05, 0) is 46.0 Å². The van der Waals surface area contributed by atoms with Gasteiger partial charge in [0.05, 0.1) is 29.1 Å². The van der Waals surface area contributed by atoms with Crippen molar-refractivity contribution >= 4 is 29.8 Å². The van der Waals surface area contributed by atoms with Crippen LogP contribution in [0.1, 0.15) is 78.6 Å². The van der Waals surface area contributed by atoms with Crippen LogP contribution in [0.4, 0.5) is 0 Å². The summed E-state index contributed by atoms with van der Waals surface area (Å²) in [6, 6.07) is 0. The summed E-state index contributed by atoms with van der Waals surface area (Å²) in [6.07, 6.45) is 2.90. The lowest BCUT2D eigenvalue weighted by molar-refractivity contribution is -0.210. The van der Waals surface area contributed by atoms with E-state index in [0.717, 1.165) is 0 Å². The first-order valence-electron chi connectivity index (χ1n) is 12.0. The molecule has 2 N–H and O–H groups in total. The maximum atomic E-state index is 12.8. The van der Waals surface area contributed by atoms with E-state index in [1.165, 1.54) is 0 Å². The number of carboxylic acid groups (broad SMARTS) is 2. The number of esters is 3. The number of aliphatic carboxylic acids is 2. The van der Waals surface area contributed by atoms with E-state index < -0.39 is 71.8 Å². The molecule has 0 aromatic heterocycles. The third-order valence-electron chi connectivity index (χ3n) is 7.05. The van der Waals surface area contributed by atoms with Gasteiger partial charge in [-0.15, -0.1) is 0 Å². The van der Waals surface area contributed by atoms with Gasteiger partial charge in [0.2, 0.25) is 0 Å². The van der Waals surface area contributed by atoms with Crippen LogP contribution in [-0.4, -0.2) is 53.0 Å². The van der Waals surface area contributed by atoms with Crippen LogP contribution in [0, 0.1) is 29.1 Å². The van der Waals surface area contributed by atoms with E-state index in [4.69, 9.17) is 14.2 Å². The maximum absolute atomic E-state index is 12.8. The monoisotopic (exact) mass is 484 g/mol.